The van der Waals surface area contributed by atoms with E-state index in [9.17, 15) is 9.59 Å². The molecule has 1 aromatic heterocycles. The largest absolute Gasteiger partial charge is 0.463 e. The van der Waals surface area contributed by atoms with Crippen LogP contribution in [0.3, 0.4) is 0 Å². The van der Waals surface area contributed by atoms with E-state index in [1.165, 1.54) is 16.2 Å². The normalized spacial score (nSPS) is 23.7. The predicted molar refractivity (Wildman–Crippen MR) is 214 cm³/mol. The number of allylic oxidation sites excluding steroid dienone is 1. The number of anilines is 1. The van der Waals surface area contributed by atoms with Gasteiger partial charge in [0.25, 0.3) is 5.56 Å². The van der Waals surface area contributed by atoms with Crippen molar-refractivity contribution in [1.29, 1.82) is 0 Å². The second-order valence-corrected chi connectivity index (χ2v) is 16.3. The summed E-state index contributed by atoms with van der Waals surface area (Å²) in [6, 6.07) is 36.2. The standard InChI is InChI=1S/C45H32BrN3O5S/c1-3-54-43(53)35-24(2)47-44-49(39(35)29-16-10-12-25-11-4-5-13-28(25)29)40(50)34(55-44)23-45-32-17-8-6-14-30(32)36(31-15-7-9-18-33(31)45)37-38(45)42(52)48(41(37)51)27-21-19-26(46)20-22-27/h4-23,36-39H,3H2,1-2H3/b34-23+/t36?,37-,38-,39-,45?/m0/s1. The second-order valence-electron chi connectivity index (χ2n) is 14.4. The van der Waals surface area contributed by atoms with Gasteiger partial charge in [-0.2, -0.15) is 0 Å². The summed E-state index contributed by atoms with van der Waals surface area (Å²) >= 11 is 4.72. The topological polar surface area (TPSA) is 98.0 Å². The zero-order valence-corrected chi connectivity index (χ0v) is 32.1. The van der Waals surface area contributed by atoms with Gasteiger partial charge in [0.15, 0.2) is 4.80 Å². The van der Waals surface area contributed by atoms with Crippen LogP contribution < -0.4 is 19.8 Å². The maximum Gasteiger partial charge on any atom is 0.338 e. The number of amides is 2. The number of rotatable bonds is 5. The van der Waals surface area contributed by atoms with Gasteiger partial charge in [-0.25, -0.2) is 14.7 Å². The van der Waals surface area contributed by atoms with Crippen LogP contribution in [0.25, 0.3) is 16.8 Å². The Bertz CT molecular complexity index is 2840. The van der Waals surface area contributed by atoms with Crippen molar-refractivity contribution in [2.45, 2.75) is 31.2 Å². The van der Waals surface area contributed by atoms with E-state index in [0.717, 1.165) is 43.1 Å². The number of aromatic nitrogens is 1. The number of imide groups is 1. The van der Waals surface area contributed by atoms with Crippen molar-refractivity contribution in [2.24, 2.45) is 16.8 Å². The van der Waals surface area contributed by atoms with Crippen molar-refractivity contribution in [1.82, 2.24) is 4.57 Å². The number of hydrogen-bond acceptors (Lipinski definition) is 7. The summed E-state index contributed by atoms with van der Waals surface area (Å²) < 4.78 is 8.39. The van der Waals surface area contributed by atoms with Crippen LogP contribution in [0.5, 0.6) is 0 Å². The highest BCUT2D eigenvalue weighted by atomic mass is 79.9. The van der Waals surface area contributed by atoms with Gasteiger partial charge in [0.05, 0.1) is 51.4 Å². The van der Waals surface area contributed by atoms with Gasteiger partial charge in [-0.3, -0.25) is 19.0 Å². The lowest BCUT2D eigenvalue weighted by atomic mass is 9.47. The third-order valence-corrected chi connectivity index (χ3v) is 13.3. The van der Waals surface area contributed by atoms with Crippen LogP contribution in [0, 0.1) is 11.8 Å². The van der Waals surface area contributed by atoms with Gasteiger partial charge in [-0.05, 0) is 82.8 Å². The van der Waals surface area contributed by atoms with Crippen molar-refractivity contribution in [3.63, 3.8) is 0 Å². The van der Waals surface area contributed by atoms with Crippen LogP contribution in [-0.4, -0.2) is 29.0 Å². The maximum atomic E-state index is 15.2. The lowest BCUT2D eigenvalue weighted by molar-refractivity contribution is -0.139. The summed E-state index contributed by atoms with van der Waals surface area (Å²) in [5, 5.41) is 1.87. The minimum absolute atomic E-state index is 0.164. The molecule has 270 valence electrons. The van der Waals surface area contributed by atoms with Gasteiger partial charge in [0.1, 0.15) is 0 Å². The Hall–Kier alpha value is -5.71. The Morgan fingerprint density at radius 1 is 0.836 bits per heavy atom. The highest BCUT2D eigenvalue weighted by molar-refractivity contribution is 9.10. The van der Waals surface area contributed by atoms with Gasteiger partial charge in [0.2, 0.25) is 11.8 Å². The monoisotopic (exact) mass is 805 g/mol. The summed E-state index contributed by atoms with van der Waals surface area (Å²) in [6.45, 7) is 3.69. The van der Waals surface area contributed by atoms with Crippen LogP contribution in [0.2, 0.25) is 0 Å². The molecule has 6 aromatic rings. The molecule has 2 bridgehead atoms. The van der Waals surface area contributed by atoms with Gasteiger partial charge in [-0.15, -0.1) is 0 Å². The average Bonchev–Trinajstić information content (AvgIpc) is 3.65. The summed E-state index contributed by atoms with van der Waals surface area (Å²) in [5.74, 6) is -2.94. The highest BCUT2D eigenvalue weighted by Crippen LogP contribution is 2.65. The number of nitrogens with zero attached hydrogens (tertiary/aromatic N) is 3. The second kappa shape index (κ2) is 12.4. The molecule has 0 radical (unpaired) electrons. The Morgan fingerprint density at radius 3 is 2.18 bits per heavy atom. The third kappa shape index (κ3) is 4.64. The molecule has 8 nitrogen and oxygen atoms in total. The molecule has 2 amide bonds. The van der Waals surface area contributed by atoms with Gasteiger partial charge in [-0.1, -0.05) is 118 Å². The van der Waals surface area contributed by atoms with E-state index >= 15 is 9.59 Å². The first kappa shape index (κ1) is 33.8. The molecule has 10 heteroatoms. The molecule has 11 rings (SSSR count). The van der Waals surface area contributed by atoms with E-state index in [1.54, 1.807) is 30.5 Å². The van der Waals surface area contributed by atoms with Crippen LogP contribution in [0.15, 0.2) is 141 Å². The zero-order chi connectivity index (χ0) is 37.7. The number of carbonyl (C=O) groups is 3. The fourth-order valence-corrected chi connectivity index (χ4v) is 11.1. The first-order valence-corrected chi connectivity index (χ1v) is 19.9. The number of benzene rings is 5. The van der Waals surface area contributed by atoms with Crippen molar-refractivity contribution >= 4 is 67.6 Å². The third-order valence-electron chi connectivity index (χ3n) is 11.8. The van der Waals surface area contributed by atoms with Gasteiger partial charge >= 0.3 is 5.97 Å². The van der Waals surface area contributed by atoms with Crippen molar-refractivity contribution in [3.8, 4) is 0 Å². The van der Waals surface area contributed by atoms with Crippen LogP contribution in [0.1, 0.15) is 53.6 Å². The average molecular weight is 807 g/mol. The van der Waals surface area contributed by atoms with Crippen LogP contribution in [0.4, 0.5) is 5.69 Å². The SMILES string of the molecule is CCOC(=O)C1=C(C)N=c2s/c(=C/C34c5ccccc5C(c5ccccc53)[C@@H]3C(=O)N(c5ccc(Br)cc5)C(=O)[C@H]34)c(=O)n2[C@H]1c1cccc2ccccc12. The molecule has 3 heterocycles. The van der Waals surface area contributed by atoms with E-state index in [-0.39, 0.29) is 29.9 Å². The number of carbonyl (C=O) groups excluding carboxylic acids is 3. The Balaban J connectivity index is 1.26. The minimum Gasteiger partial charge on any atom is -0.463 e. The molecular formula is C45H32BrN3O5S. The minimum atomic E-state index is -1.17. The number of hydrogen-bond donors (Lipinski definition) is 0. The molecule has 1 fully saturated rings. The molecule has 3 aliphatic carbocycles. The number of esters is 1. The lowest BCUT2D eigenvalue weighted by Gasteiger charge is -2.53. The molecule has 0 N–H and O–H groups in total. The Kier molecular flexibility index (Phi) is 7.63. The highest BCUT2D eigenvalue weighted by Gasteiger charge is 2.67. The molecule has 5 aromatic carbocycles. The zero-order valence-electron chi connectivity index (χ0n) is 29.7. The molecule has 0 spiro atoms. The molecule has 55 heavy (non-hydrogen) atoms. The van der Waals surface area contributed by atoms with Crippen LogP contribution in [-0.2, 0) is 24.5 Å². The fraction of sp³-hybridized carbons (Fsp3) is 0.178. The van der Waals surface area contributed by atoms with E-state index in [1.807, 2.05) is 109 Å². The molecule has 2 aliphatic heterocycles. The number of thiazole rings is 1. The van der Waals surface area contributed by atoms with E-state index in [2.05, 4.69) is 15.9 Å². The van der Waals surface area contributed by atoms with E-state index in [0.29, 0.717) is 26.3 Å². The summed E-state index contributed by atoms with van der Waals surface area (Å²) in [4.78, 5) is 65.4. The first-order chi connectivity index (χ1) is 26.7. The van der Waals surface area contributed by atoms with E-state index < -0.39 is 29.3 Å². The molecule has 1 saturated heterocycles. The lowest BCUT2D eigenvalue weighted by Crippen LogP contribution is -2.53. The maximum absolute atomic E-state index is 15.2. The summed E-state index contributed by atoms with van der Waals surface area (Å²) in [6.07, 6.45) is 1.93. The van der Waals surface area contributed by atoms with Crippen molar-refractivity contribution in [2.75, 3.05) is 11.5 Å². The van der Waals surface area contributed by atoms with Crippen molar-refractivity contribution in [3.05, 3.63) is 179 Å². The van der Waals surface area contributed by atoms with Gasteiger partial charge < -0.3 is 4.74 Å². The van der Waals surface area contributed by atoms with E-state index in [4.69, 9.17) is 9.73 Å². The quantitative estimate of drug-likeness (QED) is 0.139. The molecule has 3 atom stereocenters. The number of halogens is 1. The molecule has 0 saturated carbocycles. The summed E-state index contributed by atoms with van der Waals surface area (Å²) in [5.41, 5.74) is 4.28. The molecule has 0 unspecified atom stereocenters. The summed E-state index contributed by atoms with van der Waals surface area (Å²) in [7, 11) is 0. The number of ether oxygens (including phenoxy) is 1. The number of fused-ring (bicyclic) bond motifs is 2. The molecule has 5 aliphatic rings. The van der Waals surface area contributed by atoms with Crippen LogP contribution >= 0.6 is 27.3 Å². The smallest absolute Gasteiger partial charge is 0.338 e. The fourth-order valence-electron chi connectivity index (χ4n) is 9.70. The predicted octanol–water partition coefficient (Wildman–Crippen LogP) is 6.92. The van der Waals surface area contributed by atoms with Crippen molar-refractivity contribution < 1.29 is 19.1 Å². The first-order valence-electron chi connectivity index (χ1n) is 18.2. The Labute approximate surface area is 327 Å². The van der Waals surface area contributed by atoms with Gasteiger partial charge in [0, 0.05) is 10.4 Å². The molecular weight excluding hydrogens is 774 g/mol. The Morgan fingerprint density at radius 2 is 1.47 bits per heavy atom.